The number of methoxy groups -OCH3 is 1. The van der Waals surface area contributed by atoms with E-state index in [4.69, 9.17) is 9.84 Å². The van der Waals surface area contributed by atoms with E-state index in [1.54, 1.807) is 7.11 Å². The molecule has 0 aliphatic carbocycles. The number of aliphatic carboxylic acids is 1. The highest BCUT2D eigenvalue weighted by Gasteiger charge is 1.95. The molecule has 1 N–H and O–H groups in total. The van der Waals surface area contributed by atoms with E-state index in [-0.39, 0.29) is 0 Å². The van der Waals surface area contributed by atoms with Crippen molar-refractivity contribution in [3.05, 3.63) is 11.6 Å². The first-order valence-corrected chi connectivity index (χ1v) is 3.12. The molecule has 3 heteroatoms. The molecule has 3 nitrogen and oxygen atoms in total. The Bertz CT molecular complexity index is 138. The van der Waals surface area contributed by atoms with Gasteiger partial charge in [-0.2, -0.15) is 0 Å². The third kappa shape index (κ3) is 4.09. The minimum absolute atomic E-state index is 0.406. The van der Waals surface area contributed by atoms with Gasteiger partial charge in [0.05, 0.1) is 6.61 Å². The molecular weight excluding hydrogens is 132 g/mol. The van der Waals surface area contributed by atoms with Crippen molar-refractivity contribution in [3.63, 3.8) is 0 Å². The summed E-state index contributed by atoms with van der Waals surface area (Å²) >= 11 is 0. The lowest BCUT2D eigenvalue weighted by Crippen LogP contribution is -1.97. The number of carbonyl (C=O) groups is 1. The summed E-state index contributed by atoms with van der Waals surface area (Å²) in [6.45, 7) is 2.30. The molecule has 58 valence electrons. The van der Waals surface area contributed by atoms with Crippen molar-refractivity contribution >= 4 is 5.97 Å². The van der Waals surface area contributed by atoms with Crippen LogP contribution in [0.25, 0.3) is 0 Å². The summed E-state index contributed by atoms with van der Waals surface area (Å²) in [7, 11) is 1.55. The number of rotatable bonds is 4. The Balaban J connectivity index is 3.91. The predicted octanol–water partition coefficient (Wildman–Crippen LogP) is 1.05. The highest BCUT2D eigenvalue weighted by molar-refractivity contribution is 5.80. The fraction of sp³-hybridized carbons (Fsp3) is 0.571. The van der Waals surface area contributed by atoms with E-state index in [0.29, 0.717) is 6.61 Å². The molecule has 0 aromatic carbocycles. The molecule has 0 aromatic rings. The second-order valence-corrected chi connectivity index (χ2v) is 1.93. The van der Waals surface area contributed by atoms with E-state index in [2.05, 4.69) is 0 Å². The minimum atomic E-state index is -0.908. The van der Waals surface area contributed by atoms with Gasteiger partial charge in [0.25, 0.3) is 0 Å². The van der Waals surface area contributed by atoms with Gasteiger partial charge < -0.3 is 9.84 Å². The van der Waals surface area contributed by atoms with Crippen LogP contribution in [0.2, 0.25) is 0 Å². The highest BCUT2D eigenvalue weighted by atomic mass is 16.5. The first-order chi connectivity index (χ1) is 4.70. The lowest BCUT2D eigenvalue weighted by atomic mass is 10.2. The fourth-order valence-electron chi connectivity index (χ4n) is 0.606. The van der Waals surface area contributed by atoms with E-state index in [9.17, 15) is 4.79 Å². The van der Waals surface area contributed by atoms with Crippen LogP contribution in [0.15, 0.2) is 11.6 Å². The lowest BCUT2D eigenvalue weighted by Gasteiger charge is -1.99. The molecule has 10 heavy (non-hydrogen) atoms. The normalized spacial score (nSPS) is 11.6. The van der Waals surface area contributed by atoms with Crippen LogP contribution in [0.5, 0.6) is 0 Å². The summed E-state index contributed by atoms with van der Waals surface area (Å²) in [5.74, 6) is -0.908. The zero-order chi connectivity index (χ0) is 7.98. The topological polar surface area (TPSA) is 46.5 Å². The zero-order valence-electron chi connectivity index (χ0n) is 6.26. The maximum atomic E-state index is 10.1. The van der Waals surface area contributed by atoms with Crippen LogP contribution in [0, 0.1) is 0 Å². The molecule has 0 unspecified atom stereocenters. The van der Waals surface area contributed by atoms with Gasteiger partial charge in [0.2, 0.25) is 0 Å². The van der Waals surface area contributed by atoms with Crippen LogP contribution in [-0.4, -0.2) is 24.8 Å². The second kappa shape index (κ2) is 4.99. The van der Waals surface area contributed by atoms with Crippen LogP contribution in [0.1, 0.15) is 13.3 Å². The quantitative estimate of drug-likeness (QED) is 0.600. The Morgan fingerprint density at radius 1 is 1.70 bits per heavy atom. The summed E-state index contributed by atoms with van der Waals surface area (Å²) in [6.07, 6.45) is 1.91. The molecule has 0 amide bonds. The molecule has 0 saturated carbocycles. The van der Waals surface area contributed by atoms with E-state index in [1.807, 2.05) is 6.92 Å². The molecule has 0 atom stereocenters. The largest absolute Gasteiger partial charge is 0.478 e. The van der Waals surface area contributed by atoms with Crippen LogP contribution in [0.4, 0.5) is 0 Å². The van der Waals surface area contributed by atoms with E-state index in [0.717, 1.165) is 12.0 Å². The minimum Gasteiger partial charge on any atom is -0.478 e. The zero-order valence-corrected chi connectivity index (χ0v) is 6.26. The van der Waals surface area contributed by atoms with Crippen LogP contribution in [0.3, 0.4) is 0 Å². The molecule has 0 rings (SSSR count). The molecule has 0 aliphatic rings. The standard InChI is InChI=1S/C7H12O3/c1-3-6(5-10-2)4-7(8)9/h4H,3,5H2,1-2H3,(H,8,9)/b6-4+. The number of carboxylic acids is 1. The second-order valence-electron chi connectivity index (χ2n) is 1.93. The number of ether oxygens (including phenoxy) is 1. The lowest BCUT2D eigenvalue weighted by molar-refractivity contribution is -0.131. The number of hydrogen-bond donors (Lipinski definition) is 1. The third-order valence-corrected chi connectivity index (χ3v) is 1.11. The van der Waals surface area contributed by atoms with Gasteiger partial charge in [-0.15, -0.1) is 0 Å². The molecular formula is C7H12O3. The van der Waals surface area contributed by atoms with Crippen molar-refractivity contribution in [1.29, 1.82) is 0 Å². The summed E-state index contributed by atoms with van der Waals surface area (Å²) in [5, 5.41) is 8.31. The molecule has 0 radical (unpaired) electrons. The average Bonchev–Trinajstić information content (AvgIpc) is 1.86. The van der Waals surface area contributed by atoms with E-state index in [1.165, 1.54) is 6.08 Å². The van der Waals surface area contributed by atoms with Gasteiger partial charge in [-0.05, 0) is 12.0 Å². The van der Waals surface area contributed by atoms with Crippen molar-refractivity contribution in [2.75, 3.05) is 13.7 Å². The number of hydrogen-bond acceptors (Lipinski definition) is 2. The van der Waals surface area contributed by atoms with E-state index < -0.39 is 5.97 Å². The maximum Gasteiger partial charge on any atom is 0.328 e. The van der Waals surface area contributed by atoms with Crippen molar-refractivity contribution < 1.29 is 14.6 Å². The molecule has 0 saturated heterocycles. The fourth-order valence-corrected chi connectivity index (χ4v) is 0.606. The van der Waals surface area contributed by atoms with Crippen LogP contribution in [-0.2, 0) is 9.53 Å². The number of carboxylic acid groups (broad SMARTS) is 1. The van der Waals surface area contributed by atoms with Gasteiger partial charge in [-0.3, -0.25) is 0 Å². The Morgan fingerprint density at radius 2 is 2.30 bits per heavy atom. The molecule has 0 fully saturated rings. The SMILES string of the molecule is CC/C(=C\C(=O)O)COC. The smallest absolute Gasteiger partial charge is 0.328 e. The van der Waals surface area contributed by atoms with Crippen molar-refractivity contribution in [3.8, 4) is 0 Å². The summed E-state index contributed by atoms with van der Waals surface area (Å²) in [6, 6.07) is 0. The molecule has 0 bridgehead atoms. The predicted molar refractivity (Wildman–Crippen MR) is 37.9 cm³/mol. The Morgan fingerprint density at radius 3 is 2.60 bits per heavy atom. The van der Waals surface area contributed by atoms with Crippen LogP contribution >= 0.6 is 0 Å². The molecule has 0 spiro atoms. The summed E-state index contributed by atoms with van der Waals surface area (Å²) in [4.78, 5) is 10.1. The van der Waals surface area contributed by atoms with Gasteiger partial charge >= 0.3 is 5.97 Å². The van der Waals surface area contributed by atoms with Gasteiger partial charge in [-0.1, -0.05) is 6.92 Å². The van der Waals surface area contributed by atoms with Crippen LogP contribution < -0.4 is 0 Å². The average molecular weight is 144 g/mol. The first-order valence-electron chi connectivity index (χ1n) is 3.12. The van der Waals surface area contributed by atoms with Gasteiger partial charge in [0.15, 0.2) is 0 Å². The van der Waals surface area contributed by atoms with Gasteiger partial charge in [-0.25, -0.2) is 4.79 Å². The summed E-state index contributed by atoms with van der Waals surface area (Å²) < 4.78 is 4.76. The summed E-state index contributed by atoms with van der Waals surface area (Å²) in [5.41, 5.74) is 0.801. The highest BCUT2D eigenvalue weighted by Crippen LogP contribution is 1.99. The van der Waals surface area contributed by atoms with Crippen molar-refractivity contribution in [1.82, 2.24) is 0 Å². The van der Waals surface area contributed by atoms with Crippen molar-refractivity contribution in [2.45, 2.75) is 13.3 Å². The Hall–Kier alpha value is -0.830. The van der Waals surface area contributed by atoms with Gasteiger partial charge in [0.1, 0.15) is 0 Å². The first kappa shape index (κ1) is 9.17. The molecule has 0 heterocycles. The third-order valence-electron chi connectivity index (χ3n) is 1.11. The van der Waals surface area contributed by atoms with Gasteiger partial charge in [0, 0.05) is 13.2 Å². The van der Waals surface area contributed by atoms with Crippen molar-refractivity contribution in [2.24, 2.45) is 0 Å². The maximum absolute atomic E-state index is 10.1. The Kier molecular flexibility index (Phi) is 4.58. The van der Waals surface area contributed by atoms with E-state index >= 15 is 0 Å². The molecule has 0 aliphatic heterocycles. The Labute approximate surface area is 60.3 Å². The molecule has 0 aromatic heterocycles. The monoisotopic (exact) mass is 144 g/mol.